The van der Waals surface area contributed by atoms with Crippen molar-refractivity contribution >= 4 is 0 Å². The molecule has 2 saturated heterocycles. The predicted octanol–water partition coefficient (Wildman–Crippen LogP) is 1.57. The van der Waals surface area contributed by atoms with Crippen molar-refractivity contribution < 1.29 is 9.47 Å². The largest absolute Gasteiger partial charge is 0.379 e. The molecule has 1 N–H and O–H groups in total. The normalized spacial score (nSPS) is 28.4. The average Bonchev–Trinajstić information content (AvgIpc) is 2.79. The Hall–Kier alpha value is -0.120. The Labute approximate surface area is 92.5 Å². The number of ether oxygens (including phenoxy) is 2. The van der Waals surface area contributed by atoms with E-state index in [1.165, 1.54) is 45.2 Å². The molecule has 0 aromatic heterocycles. The van der Waals surface area contributed by atoms with Gasteiger partial charge in [0.05, 0.1) is 12.7 Å². The second kappa shape index (κ2) is 6.46. The van der Waals surface area contributed by atoms with Gasteiger partial charge in [-0.1, -0.05) is 0 Å². The maximum absolute atomic E-state index is 5.67. The van der Waals surface area contributed by atoms with E-state index in [1.807, 2.05) is 0 Å². The molecule has 88 valence electrons. The molecule has 0 aromatic carbocycles. The summed E-state index contributed by atoms with van der Waals surface area (Å²) in [7, 11) is 0. The van der Waals surface area contributed by atoms with Gasteiger partial charge in [-0.25, -0.2) is 0 Å². The Morgan fingerprint density at radius 2 is 2.07 bits per heavy atom. The zero-order valence-corrected chi connectivity index (χ0v) is 9.54. The highest BCUT2D eigenvalue weighted by Crippen LogP contribution is 2.16. The fourth-order valence-corrected chi connectivity index (χ4v) is 2.41. The van der Waals surface area contributed by atoms with Crippen molar-refractivity contribution in [1.82, 2.24) is 5.32 Å². The second-order valence-corrected chi connectivity index (χ2v) is 4.69. The van der Waals surface area contributed by atoms with E-state index in [4.69, 9.17) is 9.47 Å². The molecule has 3 heteroatoms. The molecule has 2 rings (SSSR count). The fraction of sp³-hybridized carbons (Fsp3) is 1.00. The summed E-state index contributed by atoms with van der Waals surface area (Å²) < 4.78 is 11.2. The van der Waals surface area contributed by atoms with E-state index < -0.39 is 0 Å². The first-order valence-electron chi connectivity index (χ1n) is 6.35. The summed E-state index contributed by atoms with van der Waals surface area (Å²) in [4.78, 5) is 0. The molecule has 3 nitrogen and oxygen atoms in total. The highest BCUT2D eigenvalue weighted by atomic mass is 16.5. The molecular weight excluding hydrogens is 190 g/mol. The standard InChI is InChI=1S/C12H23NO2/c1-2-12(15-8-1)10-14-9-5-11-3-6-13-7-4-11/h11-13H,1-10H2/t12-/m1/s1. The molecule has 15 heavy (non-hydrogen) atoms. The van der Waals surface area contributed by atoms with Crippen LogP contribution in [0.25, 0.3) is 0 Å². The van der Waals surface area contributed by atoms with E-state index in [0.29, 0.717) is 6.10 Å². The van der Waals surface area contributed by atoms with E-state index in [1.54, 1.807) is 0 Å². The molecule has 0 aliphatic carbocycles. The Morgan fingerprint density at radius 1 is 1.20 bits per heavy atom. The van der Waals surface area contributed by atoms with Crippen LogP contribution in [0.1, 0.15) is 32.1 Å². The minimum atomic E-state index is 0.387. The Morgan fingerprint density at radius 3 is 2.80 bits per heavy atom. The SMILES string of the molecule is C1CO[C@@H](COCCC2CCNCC2)C1. The van der Waals surface area contributed by atoms with E-state index in [-0.39, 0.29) is 0 Å². The molecule has 0 spiro atoms. The van der Waals surface area contributed by atoms with Crippen LogP contribution in [0.5, 0.6) is 0 Å². The van der Waals surface area contributed by atoms with Gasteiger partial charge >= 0.3 is 0 Å². The number of rotatable bonds is 5. The monoisotopic (exact) mass is 213 g/mol. The van der Waals surface area contributed by atoms with Crippen LogP contribution in [0.3, 0.4) is 0 Å². The molecule has 0 unspecified atom stereocenters. The topological polar surface area (TPSA) is 30.5 Å². The summed E-state index contributed by atoms with van der Waals surface area (Å²) in [5, 5.41) is 3.39. The van der Waals surface area contributed by atoms with E-state index in [0.717, 1.165) is 25.7 Å². The number of hydrogen-bond donors (Lipinski definition) is 1. The summed E-state index contributed by atoms with van der Waals surface area (Å²) in [6, 6.07) is 0. The molecular formula is C12H23NO2. The summed E-state index contributed by atoms with van der Waals surface area (Å²) in [6.45, 7) is 5.05. The van der Waals surface area contributed by atoms with Crippen molar-refractivity contribution in [2.45, 2.75) is 38.2 Å². The number of hydrogen-bond acceptors (Lipinski definition) is 3. The molecule has 2 fully saturated rings. The van der Waals surface area contributed by atoms with Crippen molar-refractivity contribution in [2.75, 3.05) is 32.9 Å². The first kappa shape index (κ1) is 11.4. The van der Waals surface area contributed by atoms with Crippen LogP contribution < -0.4 is 5.32 Å². The highest BCUT2D eigenvalue weighted by molar-refractivity contribution is 4.68. The third-order valence-electron chi connectivity index (χ3n) is 3.46. The molecule has 1 atom stereocenters. The zero-order valence-electron chi connectivity index (χ0n) is 9.54. The highest BCUT2D eigenvalue weighted by Gasteiger charge is 2.16. The third-order valence-corrected chi connectivity index (χ3v) is 3.46. The van der Waals surface area contributed by atoms with Gasteiger partial charge in [0, 0.05) is 13.2 Å². The van der Waals surface area contributed by atoms with Gasteiger partial charge in [-0.2, -0.15) is 0 Å². The van der Waals surface area contributed by atoms with E-state index >= 15 is 0 Å². The van der Waals surface area contributed by atoms with Crippen LogP contribution in [0, 0.1) is 5.92 Å². The molecule has 0 amide bonds. The van der Waals surface area contributed by atoms with Gasteiger partial charge < -0.3 is 14.8 Å². The van der Waals surface area contributed by atoms with Gasteiger partial charge in [0.1, 0.15) is 0 Å². The molecule has 2 aliphatic rings. The maximum Gasteiger partial charge on any atom is 0.0809 e. The van der Waals surface area contributed by atoms with Gasteiger partial charge in [-0.05, 0) is 51.1 Å². The maximum atomic E-state index is 5.67. The fourth-order valence-electron chi connectivity index (χ4n) is 2.41. The van der Waals surface area contributed by atoms with Crippen LogP contribution in [-0.4, -0.2) is 39.0 Å². The van der Waals surface area contributed by atoms with Crippen molar-refractivity contribution in [1.29, 1.82) is 0 Å². The average molecular weight is 213 g/mol. The number of piperidine rings is 1. The summed E-state index contributed by atoms with van der Waals surface area (Å²) in [5.41, 5.74) is 0. The Kier molecular flexibility index (Phi) is 4.90. The lowest BCUT2D eigenvalue weighted by molar-refractivity contribution is 0.0123. The van der Waals surface area contributed by atoms with Crippen molar-refractivity contribution in [2.24, 2.45) is 5.92 Å². The molecule has 0 bridgehead atoms. The van der Waals surface area contributed by atoms with Crippen LogP contribution in [0.4, 0.5) is 0 Å². The van der Waals surface area contributed by atoms with Gasteiger partial charge in [0.2, 0.25) is 0 Å². The summed E-state index contributed by atoms with van der Waals surface area (Å²) >= 11 is 0. The van der Waals surface area contributed by atoms with E-state index in [2.05, 4.69) is 5.32 Å². The van der Waals surface area contributed by atoms with Gasteiger partial charge in [-0.3, -0.25) is 0 Å². The Bertz CT molecular complexity index is 163. The molecule has 2 aliphatic heterocycles. The van der Waals surface area contributed by atoms with Crippen LogP contribution in [0.2, 0.25) is 0 Å². The lowest BCUT2D eigenvalue weighted by Gasteiger charge is -2.22. The molecule has 0 radical (unpaired) electrons. The van der Waals surface area contributed by atoms with Crippen LogP contribution in [-0.2, 0) is 9.47 Å². The van der Waals surface area contributed by atoms with Gasteiger partial charge in [0.15, 0.2) is 0 Å². The molecule has 0 saturated carbocycles. The minimum Gasteiger partial charge on any atom is -0.379 e. The van der Waals surface area contributed by atoms with Crippen LogP contribution in [0.15, 0.2) is 0 Å². The predicted molar refractivity (Wildman–Crippen MR) is 60.0 cm³/mol. The third kappa shape index (κ3) is 4.09. The minimum absolute atomic E-state index is 0.387. The quantitative estimate of drug-likeness (QED) is 0.703. The van der Waals surface area contributed by atoms with Crippen molar-refractivity contribution in [3.63, 3.8) is 0 Å². The summed E-state index contributed by atoms with van der Waals surface area (Å²) in [6.07, 6.45) is 6.66. The van der Waals surface area contributed by atoms with Crippen LogP contribution >= 0.6 is 0 Å². The molecule has 0 aromatic rings. The summed E-state index contributed by atoms with van der Waals surface area (Å²) in [5.74, 6) is 0.885. The zero-order chi connectivity index (χ0) is 10.3. The van der Waals surface area contributed by atoms with Crippen molar-refractivity contribution in [3.8, 4) is 0 Å². The first-order valence-corrected chi connectivity index (χ1v) is 6.35. The first-order chi connectivity index (χ1) is 7.45. The van der Waals surface area contributed by atoms with Gasteiger partial charge in [0.25, 0.3) is 0 Å². The lowest BCUT2D eigenvalue weighted by Crippen LogP contribution is -2.28. The second-order valence-electron chi connectivity index (χ2n) is 4.69. The van der Waals surface area contributed by atoms with E-state index in [9.17, 15) is 0 Å². The van der Waals surface area contributed by atoms with Gasteiger partial charge in [-0.15, -0.1) is 0 Å². The molecule has 2 heterocycles. The Balaban J connectivity index is 1.47. The lowest BCUT2D eigenvalue weighted by atomic mass is 9.95. The van der Waals surface area contributed by atoms with Crippen molar-refractivity contribution in [3.05, 3.63) is 0 Å². The smallest absolute Gasteiger partial charge is 0.0809 e. The number of nitrogens with one attached hydrogen (secondary N) is 1.